The number of likely N-dealkylation sites (N-methyl/N-ethyl adjacent to an activating group) is 2. The van der Waals surface area contributed by atoms with E-state index in [-0.39, 0.29) is 73.8 Å². The molecule has 2 heterocycles. The van der Waals surface area contributed by atoms with Crippen LogP contribution in [0.1, 0.15) is 109 Å². The maximum atomic E-state index is 13.2. The lowest BCUT2D eigenvalue weighted by molar-refractivity contribution is -0.137. The molecule has 8 atom stereocenters. The van der Waals surface area contributed by atoms with Crippen molar-refractivity contribution in [2.75, 3.05) is 66.9 Å². The topological polar surface area (TPSA) is 257 Å². The Morgan fingerprint density at radius 1 is 0.930 bits per heavy atom. The van der Waals surface area contributed by atoms with E-state index in [1.165, 1.54) is 32.8 Å². The fourth-order valence-corrected chi connectivity index (χ4v) is 7.86. The van der Waals surface area contributed by atoms with Gasteiger partial charge in [0.05, 0.1) is 75.7 Å². The third kappa shape index (κ3) is 22.3. The summed E-state index contributed by atoms with van der Waals surface area (Å²) in [4.78, 5) is 99.1. The van der Waals surface area contributed by atoms with Crippen LogP contribution >= 0.6 is 0 Å². The van der Waals surface area contributed by atoms with Crippen LogP contribution in [-0.2, 0) is 51.0 Å². The van der Waals surface area contributed by atoms with Crippen molar-refractivity contribution >= 4 is 55.4 Å². The van der Waals surface area contributed by atoms with Crippen molar-refractivity contribution in [2.45, 2.75) is 136 Å². The van der Waals surface area contributed by atoms with E-state index in [0.29, 0.717) is 30.4 Å². The van der Waals surface area contributed by atoms with Crippen LogP contribution in [0, 0.1) is 23.2 Å². The van der Waals surface area contributed by atoms with Crippen LogP contribution < -0.4 is 26.6 Å². The lowest BCUT2D eigenvalue weighted by Crippen LogP contribution is -2.52. The van der Waals surface area contributed by atoms with Gasteiger partial charge in [-0.15, -0.1) is 0 Å². The minimum Gasteiger partial charge on any atom is -0.379 e. The van der Waals surface area contributed by atoms with Crippen molar-refractivity contribution in [3.63, 3.8) is 0 Å². The summed E-state index contributed by atoms with van der Waals surface area (Å²) in [5, 5.41) is 22.7. The normalized spacial score (nSPS) is 15.8. The van der Waals surface area contributed by atoms with Crippen molar-refractivity contribution in [1.29, 1.82) is 5.26 Å². The number of carbonyl (C=O) groups excluding carboxylic acids is 7. The van der Waals surface area contributed by atoms with Gasteiger partial charge in [0, 0.05) is 51.9 Å². The molecule has 21 heteroatoms. The highest BCUT2D eigenvalue weighted by molar-refractivity contribution is 6.08. The second-order valence-corrected chi connectivity index (χ2v) is 17.9. The number of carbonyl (C=O) groups is 7. The van der Waals surface area contributed by atoms with Gasteiger partial charge in [-0.25, -0.2) is 9.97 Å². The Labute approximate surface area is 422 Å². The monoisotopic (exact) mass is 990 g/mol. The number of benzene rings is 1. The number of hydrogen-bond donors (Lipinski definition) is 5. The summed E-state index contributed by atoms with van der Waals surface area (Å²) in [5.41, 5.74) is 1.39. The molecule has 20 nitrogen and oxygen atoms in total. The van der Waals surface area contributed by atoms with Crippen molar-refractivity contribution in [3.05, 3.63) is 53.6 Å². The number of aromatic nitrogens is 2. The molecule has 392 valence electrons. The SMILES string of the molecule is CCC.CCC(C)C(C(CC)OC)N(C)C(=O)CNC(=O)CN(C)C.[B]Cc1ncc(C(=O)NC(C)C(=O)NCC(=O)Nc2cccc(CC(CC#N)NC(=O)C(C)C(OC)C3CCCN3C=O)c2)cn1. The first-order valence-electron chi connectivity index (χ1n) is 24.4. The van der Waals surface area contributed by atoms with Gasteiger partial charge >= 0.3 is 0 Å². The second kappa shape index (κ2) is 34.4. The number of amides is 7. The zero-order valence-electron chi connectivity index (χ0n) is 44.1. The van der Waals surface area contributed by atoms with Gasteiger partial charge in [0.2, 0.25) is 35.9 Å². The molecule has 0 spiro atoms. The molecule has 1 aliphatic rings. The first kappa shape index (κ1) is 63.0. The second-order valence-electron chi connectivity index (χ2n) is 17.9. The molecule has 1 fully saturated rings. The quantitative estimate of drug-likeness (QED) is 0.0672. The molecular weight excluding hydrogens is 909 g/mol. The largest absolute Gasteiger partial charge is 0.379 e. The van der Waals surface area contributed by atoms with Gasteiger partial charge in [-0.2, -0.15) is 5.26 Å². The zero-order valence-corrected chi connectivity index (χ0v) is 44.1. The van der Waals surface area contributed by atoms with E-state index < -0.39 is 41.8 Å². The Balaban J connectivity index is 0.000000844. The molecule has 0 aliphatic carbocycles. The van der Waals surface area contributed by atoms with Crippen LogP contribution in [-0.4, -0.2) is 172 Å². The summed E-state index contributed by atoms with van der Waals surface area (Å²) in [7, 11) is 14.1. The smallest absolute Gasteiger partial charge is 0.255 e. The summed E-state index contributed by atoms with van der Waals surface area (Å²) in [6, 6.07) is 7.42. The van der Waals surface area contributed by atoms with E-state index in [0.717, 1.165) is 37.7 Å². The fourth-order valence-electron chi connectivity index (χ4n) is 7.86. The predicted octanol–water partition coefficient (Wildman–Crippen LogP) is 2.61. The van der Waals surface area contributed by atoms with Gasteiger partial charge < -0.3 is 50.8 Å². The highest BCUT2D eigenvalue weighted by Crippen LogP contribution is 2.26. The van der Waals surface area contributed by atoms with Gasteiger partial charge in [-0.05, 0) is 76.6 Å². The van der Waals surface area contributed by atoms with E-state index in [1.807, 2.05) is 20.2 Å². The number of rotatable bonds is 26. The van der Waals surface area contributed by atoms with E-state index in [1.54, 1.807) is 54.0 Å². The average Bonchev–Trinajstić information content (AvgIpc) is 3.82. The van der Waals surface area contributed by atoms with Gasteiger partial charge in [0.25, 0.3) is 5.91 Å². The Kier molecular flexibility index (Phi) is 30.5. The first-order chi connectivity index (χ1) is 33.8. The van der Waals surface area contributed by atoms with Crippen molar-refractivity contribution in [2.24, 2.45) is 11.8 Å². The zero-order chi connectivity index (χ0) is 53.6. The fraction of sp³-hybridized carbons (Fsp3) is 0.640. The van der Waals surface area contributed by atoms with Gasteiger partial charge in [-0.1, -0.05) is 66.5 Å². The Hall–Kier alpha value is -5.98. The molecule has 1 aromatic heterocycles. The summed E-state index contributed by atoms with van der Waals surface area (Å²) >= 11 is 0. The van der Waals surface area contributed by atoms with E-state index >= 15 is 0 Å². The lowest BCUT2D eigenvalue weighted by Gasteiger charge is -2.37. The summed E-state index contributed by atoms with van der Waals surface area (Å²) < 4.78 is 11.2. The van der Waals surface area contributed by atoms with Crippen LogP contribution in [0.3, 0.4) is 0 Å². The summed E-state index contributed by atoms with van der Waals surface area (Å²) in [6.45, 7) is 14.3. The Morgan fingerprint density at radius 2 is 1.59 bits per heavy atom. The van der Waals surface area contributed by atoms with Crippen LogP contribution in [0.4, 0.5) is 5.69 Å². The molecular formula is C50H80BN11O9. The minimum atomic E-state index is -0.936. The highest BCUT2D eigenvalue weighted by atomic mass is 16.5. The van der Waals surface area contributed by atoms with Crippen LogP contribution in [0.2, 0.25) is 0 Å². The summed E-state index contributed by atoms with van der Waals surface area (Å²) in [5.74, 6) is -1.99. The lowest BCUT2D eigenvalue weighted by atomic mass is 9.91. The van der Waals surface area contributed by atoms with Crippen molar-refractivity contribution in [3.8, 4) is 6.07 Å². The van der Waals surface area contributed by atoms with Crippen LogP contribution in [0.15, 0.2) is 36.7 Å². The minimum absolute atomic E-state index is 0.00127. The maximum Gasteiger partial charge on any atom is 0.255 e. The number of methoxy groups -OCH3 is 2. The number of nitriles is 1. The molecule has 3 rings (SSSR count). The highest BCUT2D eigenvalue weighted by Gasteiger charge is 2.38. The van der Waals surface area contributed by atoms with E-state index in [4.69, 9.17) is 17.3 Å². The molecule has 2 aromatic rings. The maximum absolute atomic E-state index is 13.2. The van der Waals surface area contributed by atoms with E-state index in [9.17, 15) is 38.8 Å². The predicted molar refractivity (Wildman–Crippen MR) is 273 cm³/mol. The molecule has 2 radical (unpaired) electrons. The molecule has 1 saturated heterocycles. The number of hydrogen-bond acceptors (Lipinski definition) is 13. The Morgan fingerprint density at radius 3 is 2.14 bits per heavy atom. The van der Waals surface area contributed by atoms with Gasteiger partial charge in [-0.3, -0.25) is 33.6 Å². The number of likely N-dealkylation sites (tertiary alicyclic amines) is 1. The standard InChI is InChI=1S/C31H39BN8O6.C16H33N3O3.C3H8/c1-19(28(46-3)25-8-5-11-40(25)18-41)29(43)39-24(9-10-33)13-21-6-4-7-23(12-21)38-27(42)17-36-30(44)20(2)37-31(45)22-15-34-26(14-32)35-16-22;1-8-12(3)16(13(9-2)22-7)19(6)15(21)10-17-14(20)11-18(4)5;1-3-2/h4,6-7,12,15-16,18-20,24-25,28H,5,8-9,11,13-14,17H2,1-3H3,(H,36,44)(H,37,45)(H,38,42)(H,39,43);12-13,16H,8-11H2,1-7H3,(H,17,20);3H2,1-2H3. The third-order valence-corrected chi connectivity index (χ3v) is 11.8. The Bertz CT molecular complexity index is 2000. The molecule has 8 unspecified atom stereocenters. The number of nitrogens with zero attached hydrogens (tertiary/aromatic N) is 6. The molecule has 71 heavy (non-hydrogen) atoms. The molecule has 7 amide bonds. The molecule has 0 bridgehead atoms. The van der Waals surface area contributed by atoms with Gasteiger partial charge in [0.15, 0.2) is 0 Å². The van der Waals surface area contributed by atoms with Crippen molar-refractivity contribution < 1.29 is 43.0 Å². The van der Waals surface area contributed by atoms with Gasteiger partial charge in [0.1, 0.15) is 11.9 Å². The summed E-state index contributed by atoms with van der Waals surface area (Å²) in [6.07, 6.45) is 8.08. The van der Waals surface area contributed by atoms with E-state index in [2.05, 4.69) is 77.2 Å². The first-order valence-corrected chi connectivity index (χ1v) is 24.4. The molecule has 5 N–H and O–H groups in total. The molecule has 1 aliphatic heterocycles. The molecule has 1 aromatic carbocycles. The number of anilines is 1. The molecule has 0 saturated carbocycles. The van der Waals surface area contributed by atoms with Crippen LogP contribution in [0.5, 0.6) is 0 Å². The van der Waals surface area contributed by atoms with Crippen LogP contribution in [0.25, 0.3) is 0 Å². The number of ether oxygens (including phenoxy) is 2. The third-order valence-electron chi connectivity index (χ3n) is 11.8. The number of nitrogens with one attached hydrogen (secondary N) is 5. The average molecular weight is 990 g/mol. The van der Waals surface area contributed by atoms with Crippen molar-refractivity contribution in [1.82, 2.24) is 45.9 Å².